The number of rotatable bonds is 4. The van der Waals surface area contributed by atoms with Crippen molar-refractivity contribution in [2.45, 2.75) is 24.6 Å². The Labute approximate surface area is 123 Å². The molecular formula is C13H16ClN3O2S. The molecule has 1 heterocycles. The summed E-state index contributed by atoms with van der Waals surface area (Å²) in [6.07, 6.45) is 0. The molecule has 20 heavy (non-hydrogen) atoms. The van der Waals surface area contributed by atoms with Crippen LogP contribution in [-0.2, 0) is 23.0 Å². The van der Waals surface area contributed by atoms with E-state index >= 15 is 0 Å². The van der Waals surface area contributed by atoms with E-state index in [1.807, 2.05) is 6.07 Å². The van der Waals surface area contributed by atoms with E-state index in [4.69, 9.17) is 11.6 Å². The highest BCUT2D eigenvalue weighted by Gasteiger charge is 2.23. The highest BCUT2D eigenvalue weighted by Crippen LogP contribution is 2.22. The Morgan fingerprint density at radius 1 is 1.35 bits per heavy atom. The van der Waals surface area contributed by atoms with Gasteiger partial charge in [0, 0.05) is 18.6 Å². The summed E-state index contributed by atoms with van der Waals surface area (Å²) in [6.45, 7) is 3.40. The fourth-order valence-corrected chi connectivity index (χ4v) is 3.72. The molecular weight excluding hydrogens is 298 g/mol. The van der Waals surface area contributed by atoms with Gasteiger partial charge in [0.15, 0.2) is 0 Å². The second-order valence-corrected chi connectivity index (χ2v) is 6.45. The van der Waals surface area contributed by atoms with Crippen LogP contribution in [0.2, 0.25) is 0 Å². The van der Waals surface area contributed by atoms with Crippen LogP contribution in [-0.4, -0.2) is 18.2 Å². The number of hydrogen-bond donors (Lipinski definition) is 1. The number of hydrogen-bond acceptors (Lipinski definition) is 3. The maximum Gasteiger partial charge on any atom is 0.265 e. The summed E-state index contributed by atoms with van der Waals surface area (Å²) in [5, 5.41) is 4.13. The molecule has 1 aromatic heterocycles. The largest absolute Gasteiger partial charge is 0.280 e. The number of aryl methyl sites for hydroxylation is 2. The molecule has 2 rings (SSSR count). The number of benzene rings is 1. The fourth-order valence-electron chi connectivity index (χ4n) is 2.07. The molecule has 0 aliphatic heterocycles. The van der Waals surface area contributed by atoms with Crippen molar-refractivity contribution in [1.82, 2.24) is 9.78 Å². The van der Waals surface area contributed by atoms with Gasteiger partial charge in [-0.1, -0.05) is 12.1 Å². The molecule has 0 bridgehead atoms. The summed E-state index contributed by atoms with van der Waals surface area (Å²) in [5.41, 5.74) is 2.42. The molecule has 1 N–H and O–H groups in total. The van der Waals surface area contributed by atoms with E-state index in [1.165, 1.54) is 0 Å². The van der Waals surface area contributed by atoms with Gasteiger partial charge in [-0.05, 0) is 31.5 Å². The van der Waals surface area contributed by atoms with Crippen molar-refractivity contribution in [1.29, 1.82) is 0 Å². The Hall–Kier alpha value is -1.53. The van der Waals surface area contributed by atoms with E-state index in [0.717, 1.165) is 5.56 Å². The zero-order valence-electron chi connectivity index (χ0n) is 11.5. The molecule has 0 fully saturated rings. The highest BCUT2D eigenvalue weighted by molar-refractivity contribution is 7.92. The molecule has 0 atom stereocenters. The van der Waals surface area contributed by atoms with Gasteiger partial charge >= 0.3 is 0 Å². The van der Waals surface area contributed by atoms with E-state index < -0.39 is 10.0 Å². The van der Waals surface area contributed by atoms with E-state index in [1.54, 1.807) is 43.8 Å². The third-order valence-electron chi connectivity index (χ3n) is 3.04. The van der Waals surface area contributed by atoms with Crippen molar-refractivity contribution in [3.05, 3.63) is 41.2 Å². The van der Waals surface area contributed by atoms with Crippen LogP contribution in [0.25, 0.3) is 0 Å². The molecule has 0 radical (unpaired) electrons. The number of sulfonamides is 1. The molecule has 0 unspecified atom stereocenters. The summed E-state index contributed by atoms with van der Waals surface area (Å²) in [6, 6.07) is 7.00. The molecule has 5 nitrogen and oxygen atoms in total. The Kier molecular flexibility index (Phi) is 4.06. The summed E-state index contributed by atoms with van der Waals surface area (Å²) < 4.78 is 29.0. The van der Waals surface area contributed by atoms with Gasteiger partial charge in [0.2, 0.25) is 0 Å². The van der Waals surface area contributed by atoms with E-state index in [-0.39, 0.29) is 4.90 Å². The van der Waals surface area contributed by atoms with Crippen LogP contribution in [0, 0.1) is 13.8 Å². The van der Waals surface area contributed by atoms with Crippen LogP contribution >= 0.6 is 11.6 Å². The number of nitrogens with zero attached hydrogens (tertiary/aromatic N) is 2. The predicted octanol–water partition coefficient (Wildman–Crippen LogP) is 2.58. The van der Waals surface area contributed by atoms with Crippen LogP contribution in [0.15, 0.2) is 29.2 Å². The molecule has 0 spiro atoms. The number of aromatic nitrogens is 2. The number of alkyl halides is 1. The molecule has 0 saturated heterocycles. The first-order chi connectivity index (χ1) is 9.35. The Morgan fingerprint density at radius 2 is 2.05 bits per heavy atom. The molecule has 1 aromatic carbocycles. The van der Waals surface area contributed by atoms with Crippen LogP contribution in [0.4, 0.5) is 5.69 Å². The number of nitrogens with one attached hydrogen (secondary N) is 1. The average molecular weight is 314 g/mol. The van der Waals surface area contributed by atoms with E-state index in [2.05, 4.69) is 9.82 Å². The lowest BCUT2D eigenvalue weighted by Gasteiger charge is -2.09. The minimum atomic E-state index is -3.66. The van der Waals surface area contributed by atoms with Crippen molar-refractivity contribution in [2.24, 2.45) is 7.05 Å². The first-order valence-corrected chi connectivity index (χ1v) is 8.05. The maximum absolute atomic E-state index is 12.5. The third-order valence-corrected chi connectivity index (χ3v) is 4.99. The Bertz CT molecular complexity index is 738. The second-order valence-electron chi connectivity index (χ2n) is 4.56. The fraction of sp³-hybridized carbons (Fsp3) is 0.308. The summed E-state index contributed by atoms with van der Waals surface area (Å²) >= 11 is 5.75. The van der Waals surface area contributed by atoms with Crippen LogP contribution in [0.1, 0.15) is 17.0 Å². The zero-order valence-corrected chi connectivity index (χ0v) is 13.1. The lowest BCUT2D eigenvalue weighted by Crippen LogP contribution is -2.15. The van der Waals surface area contributed by atoms with Gasteiger partial charge in [-0.3, -0.25) is 9.40 Å². The maximum atomic E-state index is 12.5. The minimum absolute atomic E-state index is 0.219. The third kappa shape index (κ3) is 2.81. The normalized spacial score (nSPS) is 11.6. The van der Waals surface area contributed by atoms with Gasteiger partial charge in [0.1, 0.15) is 4.90 Å². The van der Waals surface area contributed by atoms with Crippen molar-refractivity contribution in [3.8, 4) is 0 Å². The molecule has 7 heteroatoms. The van der Waals surface area contributed by atoms with Gasteiger partial charge in [0.05, 0.1) is 11.4 Å². The van der Waals surface area contributed by atoms with Gasteiger partial charge in [-0.15, -0.1) is 11.6 Å². The van der Waals surface area contributed by atoms with Crippen molar-refractivity contribution in [3.63, 3.8) is 0 Å². The highest BCUT2D eigenvalue weighted by atomic mass is 35.5. The van der Waals surface area contributed by atoms with Crippen molar-refractivity contribution < 1.29 is 8.42 Å². The van der Waals surface area contributed by atoms with Gasteiger partial charge in [-0.25, -0.2) is 8.42 Å². The van der Waals surface area contributed by atoms with Gasteiger partial charge < -0.3 is 0 Å². The first kappa shape index (κ1) is 14.9. The molecule has 2 aromatic rings. The van der Waals surface area contributed by atoms with Crippen LogP contribution < -0.4 is 4.72 Å². The average Bonchev–Trinajstić information content (AvgIpc) is 2.63. The second kappa shape index (κ2) is 5.46. The lowest BCUT2D eigenvalue weighted by atomic mass is 10.2. The molecule has 0 aliphatic carbocycles. The molecule has 0 amide bonds. The van der Waals surface area contributed by atoms with Gasteiger partial charge in [-0.2, -0.15) is 5.10 Å². The Morgan fingerprint density at radius 3 is 2.60 bits per heavy atom. The first-order valence-electron chi connectivity index (χ1n) is 6.03. The summed E-state index contributed by atoms with van der Waals surface area (Å²) in [5.74, 6) is 0.334. The number of halogens is 1. The van der Waals surface area contributed by atoms with Crippen LogP contribution in [0.5, 0.6) is 0 Å². The topological polar surface area (TPSA) is 64.0 Å². The standard InChI is InChI=1S/C13H16ClN3O2S/c1-9-13(10(2)17(3)15-9)20(18,19)16-12-6-4-5-11(7-12)8-14/h4-7,16H,8H2,1-3H3. The van der Waals surface area contributed by atoms with Gasteiger partial charge in [0.25, 0.3) is 10.0 Å². The van der Waals surface area contributed by atoms with E-state index in [9.17, 15) is 8.42 Å². The van der Waals surface area contributed by atoms with Crippen LogP contribution in [0.3, 0.4) is 0 Å². The Balaban J connectivity index is 2.40. The molecule has 0 saturated carbocycles. The van der Waals surface area contributed by atoms with Crippen molar-refractivity contribution in [2.75, 3.05) is 4.72 Å². The SMILES string of the molecule is Cc1nn(C)c(C)c1S(=O)(=O)Nc1cccc(CCl)c1. The molecule has 0 aliphatic rings. The monoisotopic (exact) mass is 313 g/mol. The number of anilines is 1. The smallest absolute Gasteiger partial charge is 0.265 e. The minimum Gasteiger partial charge on any atom is -0.280 e. The quantitative estimate of drug-likeness (QED) is 0.882. The lowest BCUT2D eigenvalue weighted by molar-refractivity contribution is 0.599. The van der Waals surface area contributed by atoms with E-state index in [0.29, 0.717) is 23.0 Å². The summed E-state index contributed by atoms with van der Waals surface area (Å²) in [4.78, 5) is 0.219. The predicted molar refractivity (Wildman–Crippen MR) is 79.5 cm³/mol. The molecule has 108 valence electrons. The zero-order chi connectivity index (χ0) is 14.9. The van der Waals surface area contributed by atoms with Crippen molar-refractivity contribution >= 4 is 27.3 Å². The summed E-state index contributed by atoms with van der Waals surface area (Å²) in [7, 11) is -1.94.